The SMILES string of the molecule is Cc1cc(C)c(S(=O)(=O)NCc2ccsc2)cc1C(=O)O. The van der Waals surface area contributed by atoms with Crippen molar-refractivity contribution in [3.8, 4) is 0 Å². The molecule has 2 N–H and O–H groups in total. The number of hydrogen-bond donors (Lipinski definition) is 2. The molecule has 1 heterocycles. The maximum Gasteiger partial charge on any atom is 0.335 e. The fraction of sp³-hybridized carbons (Fsp3) is 0.214. The molecule has 2 rings (SSSR count). The van der Waals surface area contributed by atoms with Gasteiger partial charge in [-0.15, -0.1) is 0 Å². The van der Waals surface area contributed by atoms with Crippen LogP contribution in [-0.2, 0) is 16.6 Å². The van der Waals surface area contributed by atoms with Crippen molar-refractivity contribution >= 4 is 27.3 Å². The van der Waals surface area contributed by atoms with Crippen LogP contribution in [0.15, 0.2) is 33.9 Å². The highest BCUT2D eigenvalue weighted by Gasteiger charge is 2.20. The van der Waals surface area contributed by atoms with Crippen molar-refractivity contribution in [1.29, 1.82) is 0 Å². The summed E-state index contributed by atoms with van der Waals surface area (Å²) in [7, 11) is -3.75. The molecule has 2 aromatic rings. The molecular weight excluding hydrogens is 310 g/mol. The summed E-state index contributed by atoms with van der Waals surface area (Å²) < 4.78 is 27.2. The minimum atomic E-state index is -3.75. The first-order chi connectivity index (χ1) is 9.81. The van der Waals surface area contributed by atoms with Crippen LogP contribution in [0.2, 0.25) is 0 Å². The Bertz CT molecular complexity index is 765. The van der Waals surface area contributed by atoms with Crippen molar-refractivity contribution in [1.82, 2.24) is 4.72 Å². The van der Waals surface area contributed by atoms with Crippen molar-refractivity contribution in [2.45, 2.75) is 25.3 Å². The molecule has 112 valence electrons. The summed E-state index contributed by atoms with van der Waals surface area (Å²) in [6, 6.07) is 4.61. The molecule has 0 atom stereocenters. The minimum absolute atomic E-state index is 0.000676. The fourth-order valence-electron chi connectivity index (χ4n) is 2.00. The molecular formula is C14H15NO4S2. The van der Waals surface area contributed by atoms with Gasteiger partial charge in [-0.3, -0.25) is 0 Å². The Morgan fingerprint density at radius 3 is 2.57 bits per heavy atom. The van der Waals surface area contributed by atoms with Crippen molar-refractivity contribution in [3.63, 3.8) is 0 Å². The van der Waals surface area contributed by atoms with E-state index in [0.29, 0.717) is 11.1 Å². The minimum Gasteiger partial charge on any atom is -0.478 e. The molecule has 0 spiro atoms. The molecule has 0 fully saturated rings. The summed E-state index contributed by atoms with van der Waals surface area (Å²) in [5.74, 6) is -1.14. The highest BCUT2D eigenvalue weighted by atomic mass is 32.2. The number of thiophene rings is 1. The topological polar surface area (TPSA) is 83.5 Å². The monoisotopic (exact) mass is 325 g/mol. The first-order valence-electron chi connectivity index (χ1n) is 6.16. The zero-order valence-electron chi connectivity index (χ0n) is 11.6. The second-order valence-corrected chi connectivity index (χ2v) is 7.21. The largest absolute Gasteiger partial charge is 0.478 e. The number of carboxylic acids is 1. The van der Waals surface area contributed by atoms with E-state index in [0.717, 1.165) is 5.56 Å². The molecule has 7 heteroatoms. The van der Waals surface area contributed by atoms with E-state index in [4.69, 9.17) is 5.11 Å². The second-order valence-electron chi connectivity index (χ2n) is 4.69. The first-order valence-corrected chi connectivity index (χ1v) is 8.59. The summed E-state index contributed by atoms with van der Waals surface area (Å²) in [6.45, 7) is 3.48. The van der Waals surface area contributed by atoms with E-state index < -0.39 is 16.0 Å². The van der Waals surface area contributed by atoms with Gasteiger partial charge < -0.3 is 5.11 Å². The molecule has 0 unspecified atom stereocenters. The van der Waals surface area contributed by atoms with E-state index >= 15 is 0 Å². The van der Waals surface area contributed by atoms with Gasteiger partial charge >= 0.3 is 5.97 Å². The third kappa shape index (κ3) is 3.49. The molecule has 0 aliphatic heterocycles. The molecule has 0 saturated heterocycles. The summed E-state index contributed by atoms with van der Waals surface area (Å²) in [4.78, 5) is 11.1. The molecule has 21 heavy (non-hydrogen) atoms. The predicted octanol–water partition coefficient (Wildman–Crippen LogP) is 2.54. The molecule has 1 aromatic heterocycles. The van der Waals surface area contributed by atoms with Crippen LogP contribution in [0.4, 0.5) is 0 Å². The van der Waals surface area contributed by atoms with Gasteiger partial charge in [-0.1, -0.05) is 6.07 Å². The van der Waals surface area contributed by atoms with E-state index in [1.807, 2.05) is 16.8 Å². The maximum atomic E-state index is 12.3. The van der Waals surface area contributed by atoms with E-state index in [9.17, 15) is 13.2 Å². The number of hydrogen-bond acceptors (Lipinski definition) is 4. The molecule has 0 saturated carbocycles. The lowest BCUT2D eigenvalue weighted by atomic mass is 10.1. The van der Waals surface area contributed by atoms with Gasteiger partial charge in [-0.25, -0.2) is 17.9 Å². The predicted molar refractivity (Wildman–Crippen MR) is 81.2 cm³/mol. The number of aryl methyl sites for hydroxylation is 2. The Hall–Kier alpha value is -1.70. The Morgan fingerprint density at radius 2 is 2.00 bits per heavy atom. The van der Waals surface area contributed by atoms with Crippen LogP contribution in [0.1, 0.15) is 27.0 Å². The fourth-order valence-corrected chi connectivity index (χ4v) is 3.94. The van der Waals surface area contributed by atoms with Crippen molar-refractivity contribution in [2.24, 2.45) is 0 Å². The van der Waals surface area contributed by atoms with Gasteiger partial charge in [-0.2, -0.15) is 11.3 Å². The molecule has 5 nitrogen and oxygen atoms in total. The van der Waals surface area contributed by atoms with Crippen LogP contribution < -0.4 is 4.72 Å². The number of benzene rings is 1. The van der Waals surface area contributed by atoms with Crippen molar-refractivity contribution < 1.29 is 18.3 Å². The average Bonchev–Trinajstić information content (AvgIpc) is 2.88. The van der Waals surface area contributed by atoms with E-state index in [1.165, 1.54) is 17.4 Å². The summed E-state index contributed by atoms with van der Waals surface area (Å²) in [5, 5.41) is 12.8. The van der Waals surface area contributed by atoms with Gasteiger partial charge in [0.05, 0.1) is 10.5 Å². The van der Waals surface area contributed by atoms with E-state index in [2.05, 4.69) is 4.72 Å². The normalized spacial score (nSPS) is 11.5. The van der Waals surface area contributed by atoms with Gasteiger partial charge in [0.15, 0.2) is 0 Å². The van der Waals surface area contributed by atoms with Gasteiger partial charge in [0.1, 0.15) is 0 Å². The zero-order chi connectivity index (χ0) is 15.6. The van der Waals surface area contributed by atoms with Crippen LogP contribution >= 0.6 is 11.3 Å². The maximum absolute atomic E-state index is 12.3. The smallest absolute Gasteiger partial charge is 0.335 e. The van der Waals surface area contributed by atoms with Gasteiger partial charge in [-0.05, 0) is 53.4 Å². The summed E-state index contributed by atoms with van der Waals surface area (Å²) in [5.41, 5.74) is 1.93. The number of carbonyl (C=O) groups is 1. The Labute approximate surface area is 127 Å². The lowest BCUT2D eigenvalue weighted by molar-refractivity contribution is 0.0696. The summed E-state index contributed by atoms with van der Waals surface area (Å²) in [6.07, 6.45) is 0. The molecule has 0 radical (unpaired) electrons. The molecule has 0 bridgehead atoms. The van der Waals surface area contributed by atoms with E-state index in [-0.39, 0.29) is 17.0 Å². The van der Waals surface area contributed by atoms with Crippen molar-refractivity contribution in [3.05, 3.63) is 51.2 Å². The third-order valence-corrected chi connectivity index (χ3v) is 5.36. The highest BCUT2D eigenvalue weighted by Crippen LogP contribution is 2.21. The molecule has 0 aliphatic carbocycles. The standard InChI is InChI=1S/C14H15NO4S2/c1-9-5-10(2)13(6-12(9)14(16)17)21(18,19)15-7-11-3-4-20-8-11/h3-6,8,15H,7H2,1-2H3,(H,16,17). The Morgan fingerprint density at radius 1 is 1.29 bits per heavy atom. The quantitative estimate of drug-likeness (QED) is 0.885. The number of nitrogens with one attached hydrogen (secondary N) is 1. The first kappa shape index (κ1) is 15.7. The molecule has 1 aromatic carbocycles. The molecule has 0 aliphatic rings. The van der Waals surface area contributed by atoms with Crippen LogP contribution in [0.25, 0.3) is 0 Å². The zero-order valence-corrected chi connectivity index (χ0v) is 13.2. The number of carboxylic acid groups (broad SMARTS) is 1. The van der Waals surface area contributed by atoms with Gasteiger partial charge in [0, 0.05) is 6.54 Å². The van der Waals surface area contributed by atoms with Crippen LogP contribution in [0.3, 0.4) is 0 Å². The lowest BCUT2D eigenvalue weighted by Crippen LogP contribution is -2.24. The van der Waals surface area contributed by atoms with Crippen LogP contribution in [-0.4, -0.2) is 19.5 Å². The molecule has 0 amide bonds. The Balaban J connectivity index is 2.35. The number of aromatic carboxylic acids is 1. The Kier molecular flexibility index (Phi) is 4.46. The summed E-state index contributed by atoms with van der Waals surface area (Å²) >= 11 is 1.48. The lowest BCUT2D eigenvalue weighted by Gasteiger charge is -2.11. The number of sulfonamides is 1. The average molecular weight is 325 g/mol. The van der Waals surface area contributed by atoms with Crippen molar-refractivity contribution in [2.75, 3.05) is 0 Å². The van der Waals surface area contributed by atoms with Crippen LogP contribution in [0, 0.1) is 13.8 Å². The van der Waals surface area contributed by atoms with Gasteiger partial charge in [0.2, 0.25) is 10.0 Å². The van der Waals surface area contributed by atoms with Gasteiger partial charge in [0.25, 0.3) is 0 Å². The third-order valence-electron chi connectivity index (χ3n) is 3.09. The highest BCUT2D eigenvalue weighted by molar-refractivity contribution is 7.89. The second kappa shape index (κ2) is 5.97. The van der Waals surface area contributed by atoms with E-state index in [1.54, 1.807) is 19.9 Å². The van der Waals surface area contributed by atoms with Crippen LogP contribution in [0.5, 0.6) is 0 Å². The number of rotatable bonds is 5.